The Labute approximate surface area is 162 Å². The minimum Gasteiger partial charge on any atom is -0.491 e. The normalized spacial score (nSPS) is 17.0. The van der Waals surface area contributed by atoms with Crippen molar-refractivity contribution in [2.75, 3.05) is 26.2 Å². The van der Waals surface area contributed by atoms with Gasteiger partial charge in [0.2, 0.25) is 0 Å². The van der Waals surface area contributed by atoms with Gasteiger partial charge in [-0.15, -0.1) is 24.0 Å². The maximum Gasteiger partial charge on any atom is 0.416 e. The highest BCUT2D eigenvalue weighted by molar-refractivity contribution is 14.0. The van der Waals surface area contributed by atoms with Crippen molar-refractivity contribution >= 4 is 29.9 Å². The first-order valence-corrected chi connectivity index (χ1v) is 7.89. The largest absolute Gasteiger partial charge is 0.491 e. The molecule has 1 aliphatic heterocycles. The van der Waals surface area contributed by atoms with Crippen LogP contribution in [0.25, 0.3) is 0 Å². The van der Waals surface area contributed by atoms with Gasteiger partial charge in [0.05, 0.1) is 12.1 Å². The molecule has 142 valence electrons. The Morgan fingerprint density at radius 2 is 1.80 bits per heavy atom. The van der Waals surface area contributed by atoms with E-state index in [1.807, 2.05) is 4.90 Å². The molecule has 0 aromatic heterocycles. The van der Waals surface area contributed by atoms with E-state index >= 15 is 0 Å². The molecule has 1 aliphatic rings. The number of piperidine rings is 1. The molecule has 0 spiro atoms. The van der Waals surface area contributed by atoms with Gasteiger partial charge in [-0.3, -0.25) is 4.99 Å². The maximum absolute atomic E-state index is 12.5. The number of benzene rings is 1. The predicted octanol–water partition coefficient (Wildman–Crippen LogP) is 2.86. The van der Waals surface area contributed by atoms with Crippen LogP contribution in [-0.4, -0.2) is 48.3 Å². The van der Waals surface area contributed by atoms with E-state index in [0.717, 1.165) is 38.1 Å². The van der Waals surface area contributed by atoms with Crippen LogP contribution in [0.2, 0.25) is 0 Å². The van der Waals surface area contributed by atoms with E-state index in [2.05, 4.69) is 4.99 Å². The number of ether oxygens (including phenoxy) is 1. The van der Waals surface area contributed by atoms with Crippen LogP contribution in [0, 0.1) is 0 Å². The number of likely N-dealkylation sites (tertiary alicyclic amines) is 1. The summed E-state index contributed by atoms with van der Waals surface area (Å²) in [6.45, 7) is 1.76. The average molecular weight is 473 g/mol. The molecule has 0 aliphatic carbocycles. The maximum atomic E-state index is 12.5. The van der Waals surface area contributed by atoms with Gasteiger partial charge >= 0.3 is 6.18 Å². The molecule has 0 amide bonds. The Balaban J connectivity index is 0.00000312. The van der Waals surface area contributed by atoms with Crippen molar-refractivity contribution < 1.29 is 23.0 Å². The molecule has 5 nitrogen and oxygen atoms in total. The lowest BCUT2D eigenvalue weighted by molar-refractivity contribution is -0.137. The molecule has 1 saturated heterocycles. The fourth-order valence-corrected chi connectivity index (χ4v) is 2.41. The lowest BCUT2D eigenvalue weighted by Gasteiger charge is -2.27. The SMILES string of the molecule is I.NC(=NCC(O)COc1ccc(C(F)(F)F)cc1)N1CCCCC1. The van der Waals surface area contributed by atoms with Crippen LogP contribution in [0.1, 0.15) is 24.8 Å². The van der Waals surface area contributed by atoms with Crippen molar-refractivity contribution in [2.24, 2.45) is 10.7 Å². The second kappa shape index (κ2) is 10.0. The second-order valence-electron chi connectivity index (χ2n) is 5.73. The Morgan fingerprint density at radius 3 is 2.36 bits per heavy atom. The van der Waals surface area contributed by atoms with Gasteiger partial charge in [-0.2, -0.15) is 13.2 Å². The van der Waals surface area contributed by atoms with E-state index < -0.39 is 17.8 Å². The van der Waals surface area contributed by atoms with Crippen molar-refractivity contribution in [3.63, 3.8) is 0 Å². The summed E-state index contributed by atoms with van der Waals surface area (Å²) in [5, 5.41) is 9.86. The van der Waals surface area contributed by atoms with Crippen LogP contribution in [-0.2, 0) is 6.18 Å². The molecule has 0 radical (unpaired) electrons. The number of aliphatic hydroxyl groups excluding tert-OH is 1. The molecule has 3 N–H and O–H groups in total. The fraction of sp³-hybridized carbons (Fsp3) is 0.562. The standard InChI is InChI=1S/C16H22F3N3O2.HI/c17-16(18,19)12-4-6-14(7-5-12)24-11-13(23)10-21-15(20)22-8-2-1-3-9-22;/h4-7,13,23H,1-3,8-11H2,(H2,20,21);1H. The van der Waals surface area contributed by atoms with Gasteiger partial charge in [0.15, 0.2) is 5.96 Å². The van der Waals surface area contributed by atoms with Gasteiger partial charge in [-0.1, -0.05) is 0 Å². The van der Waals surface area contributed by atoms with Crippen LogP contribution in [0.15, 0.2) is 29.3 Å². The van der Waals surface area contributed by atoms with Gasteiger partial charge in [0.1, 0.15) is 18.5 Å². The minimum atomic E-state index is -4.38. The van der Waals surface area contributed by atoms with Gasteiger partial charge in [0, 0.05) is 13.1 Å². The van der Waals surface area contributed by atoms with Crippen LogP contribution in [0.4, 0.5) is 13.2 Å². The average Bonchev–Trinajstić information content (AvgIpc) is 2.58. The molecule has 1 aromatic carbocycles. The number of halogens is 4. The summed E-state index contributed by atoms with van der Waals surface area (Å²) in [5.74, 6) is 0.665. The second-order valence-corrected chi connectivity index (χ2v) is 5.73. The summed E-state index contributed by atoms with van der Waals surface area (Å²) >= 11 is 0. The quantitative estimate of drug-likeness (QED) is 0.392. The summed E-state index contributed by atoms with van der Waals surface area (Å²) in [6, 6.07) is 4.32. The lowest BCUT2D eigenvalue weighted by Crippen LogP contribution is -2.41. The van der Waals surface area contributed by atoms with Crippen molar-refractivity contribution in [2.45, 2.75) is 31.5 Å². The molecule has 0 bridgehead atoms. The molecule has 9 heteroatoms. The Hall–Kier alpha value is -1.23. The summed E-state index contributed by atoms with van der Waals surface area (Å²) < 4.78 is 42.6. The molecule has 1 atom stereocenters. The van der Waals surface area contributed by atoms with E-state index in [4.69, 9.17) is 10.5 Å². The molecule has 2 rings (SSSR count). The number of aliphatic hydroxyl groups is 1. The Morgan fingerprint density at radius 1 is 1.20 bits per heavy atom. The van der Waals surface area contributed by atoms with E-state index in [0.29, 0.717) is 5.96 Å². The van der Waals surface area contributed by atoms with Crippen molar-refractivity contribution in [1.29, 1.82) is 0 Å². The topological polar surface area (TPSA) is 71.1 Å². The van der Waals surface area contributed by atoms with E-state index in [1.54, 1.807) is 0 Å². The smallest absolute Gasteiger partial charge is 0.416 e. The van der Waals surface area contributed by atoms with Gasteiger partial charge in [0.25, 0.3) is 0 Å². The third kappa shape index (κ3) is 7.27. The monoisotopic (exact) mass is 473 g/mol. The number of rotatable bonds is 5. The number of hydrogen-bond donors (Lipinski definition) is 2. The summed E-state index contributed by atoms with van der Waals surface area (Å²) in [5.41, 5.74) is 5.14. The lowest BCUT2D eigenvalue weighted by atomic mass is 10.1. The van der Waals surface area contributed by atoms with Crippen molar-refractivity contribution in [3.8, 4) is 5.75 Å². The highest BCUT2D eigenvalue weighted by atomic mass is 127. The first-order valence-electron chi connectivity index (χ1n) is 7.89. The zero-order valence-electron chi connectivity index (χ0n) is 13.7. The fourth-order valence-electron chi connectivity index (χ4n) is 2.41. The molecular weight excluding hydrogens is 450 g/mol. The van der Waals surface area contributed by atoms with Gasteiger partial charge in [-0.05, 0) is 43.5 Å². The number of aliphatic imine (C=N–C) groups is 1. The zero-order valence-corrected chi connectivity index (χ0v) is 16.0. The summed E-state index contributed by atoms with van der Waals surface area (Å²) in [7, 11) is 0. The van der Waals surface area contributed by atoms with Crippen LogP contribution < -0.4 is 10.5 Å². The zero-order chi connectivity index (χ0) is 17.6. The first-order chi connectivity index (χ1) is 11.4. The van der Waals surface area contributed by atoms with Gasteiger partial charge < -0.3 is 20.5 Å². The van der Waals surface area contributed by atoms with E-state index in [9.17, 15) is 18.3 Å². The highest BCUT2D eigenvalue weighted by Crippen LogP contribution is 2.30. The third-order valence-corrected chi connectivity index (χ3v) is 3.77. The van der Waals surface area contributed by atoms with Gasteiger partial charge in [-0.25, -0.2) is 0 Å². The molecule has 0 saturated carbocycles. The van der Waals surface area contributed by atoms with Crippen molar-refractivity contribution in [1.82, 2.24) is 4.90 Å². The number of nitrogens with zero attached hydrogens (tertiary/aromatic N) is 2. The molecule has 1 aromatic rings. The van der Waals surface area contributed by atoms with Crippen LogP contribution in [0.5, 0.6) is 5.75 Å². The molecule has 1 unspecified atom stereocenters. The number of nitrogens with two attached hydrogens (primary N) is 1. The Bertz CT molecular complexity index is 547. The number of alkyl halides is 3. The van der Waals surface area contributed by atoms with Crippen LogP contribution in [0.3, 0.4) is 0 Å². The molecule has 1 heterocycles. The minimum absolute atomic E-state index is 0. The Kier molecular flexibility index (Phi) is 8.77. The van der Waals surface area contributed by atoms with Crippen LogP contribution >= 0.6 is 24.0 Å². The summed E-state index contributed by atoms with van der Waals surface area (Å²) in [6.07, 6.45) is -1.91. The predicted molar refractivity (Wildman–Crippen MR) is 100 cm³/mol. The van der Waals surface area contributed by atoms with E-state index in [1.165, 1.54) is 18.6 Å². The third-order valence-electron chi connectivity index (χ3n) is 3.77. The van der Waals surface area contributed by atoms with Crippen molar-refractivity contribution in [3.05, 3.63) is 29.8 Å². The number of hydrogen-bond acceptors (Lipinski definition) is 3. The molecular formula is C16H23F3IN3O2. The first kappa shape index (κ1) is 21.8. The molecule has 25 heavy (non-hydrogen) atoms. The summed E-state index contributed by atoms with van der Waals surface area (Å²) in [4.78, 5) is 6.13. The number of guanidine groups is 1. The highest BCUT2D eigenvalue weighted by Gasteiger charge is 2.30. The van der Waals surface area contributed by atoms with E-state index in [-0.39, 0.29) is 42.9 Å². The molecule has 1 fully saturated rings.